The largest absolute Gasteiger partial charge is 0.325 e. The third kappa shape index (κ3) is 5.62. The predicted molar refractivity (Wildman–Crippen MR) is 130 cm³/mol. The molecule has 0 aromatic heterocycles. The van der Waals surface area contributed by atoms with Crippen LogP contribution in [0.1, 0.15) is 30.4 Å². The van der Waals surface area contributed by atoms with Crippen molar-refractivity contribution in [3.63, 3.8) is 0 Å². The topological polar surface area (TPSA) is 26.3 Å². The van der Waals surface area contributed by atoms with E-state index in [1.54, 1.807) is 0 Å². The summed E-state index contributed by atoms with van der Waals surface area (Å²) in [7, 11) is -2.97. The molecule has 4 rings (SSSR count). The highest BCUT2D eigenvalue weighted by Crippen LogP contribution is 2.50. The average molecular weight is 455 g/mol. The standard InChI is InChI=1S/C25H27O2PS2/c26-28(23-13-3-1-4-14-23)19-21-11-5-7-15-24(21)30-20-22-12-6-8-16-25(22)29-18-10-2-9-17-27-28/h1,3-8,11-16H,2,9-10,17-20H2. The van der Waals surface area contributed by atoms with Crippen molar-refractivity contribution >= 4 is 36.2 Å². The average Bonchev–Trinajstić information content (AvgIpc) is 2.79. The van der Waals surface area contributed by atoms with Crippen LogP contribution in [-0.4, -0.2) is 12.4 Å². The van der Waals surface area contributed by atoms with Crippen LogP contribution in [0.4, 0.5) is 0 Å². The molecule has 2 nitrogen and oxygen atoms in total. The maximum atomic E-state index is 14.0. The minimum atomic E-state index is -2.97. The van der Waals surface area contributed by atoms with Gasteiger partial charge in [0, 0.05) is 20.8 Å². The van der Waals surface area contributed by atoms with Crippen molar-refractivity contribution in [1.82, 2.24) is 0 Å². The summed E-state index contributed by atoms with van der Waals surface area (Å²) in [4.78, 5) is 2.57. The Labute approximate surface area is 188 Å². The molecule has 0 amide bonds. The maximum absolute atomic E-state index is 14.0. The summed E-state index contributed by atoms with van der Waals surface area (Å²) in [6.45, 7) is 0.544. The molecule has 3 aromatic rings. The van der Waals surface area contributed by atoms with Gasteiger partial charge in [-0.2, -0.15) is 0 Å². The van der Waals surface area contributed by atoms with Gasteiger partial charge in [0.1, 0.15) is 0 Å². The lowest BCUT2D eigenvalue weighted by molar-refractivity contribution is 0.309. The fourth-order valence-corrected chi connectivity index (χ4v) is 8.09. The van der Waals surface area contributed by atoms with Crippen molar-refractivity contribution in [2.75, 3.05) is 12.4 Å². The van der Waals surface area contributed by atoms with Gasteiger partial charge < -0.3 is 4.52 Å². The van der Waals surface area contributed by atoms with Gasteiger partial charge in [0.25, 0.3) is 0 Å². The number of rotatable bonds is 1. The summed E-state index contributed by atoms with van der Waals surface area (Å²) in [5, 5.41) is 0.815. The Morgan fingerprint density at radius 3 is 2.17 bits per heavy atom. The van der Waals surface area contributed by atoms with Gasteiger partial charge in [0.2, 0.25) is 7.37 Å². The lowest BCUT2D eigenvalue weighted by Gasteiger charge is -2.20. The Hall–Kier alpha value is -1.45. The summed E-state index contributed by atoms with van der Waals surface area (Å²) in [6, 6.07) is 26.8. The number of hydrogen-bond acceptors (Lipinski definition) is 4. The van der Waals surface area contributed by atoms with E-state index < -0.39 is 7.37 Å². The van der Waals surface area contributed by atoms with Crippen LogP contribution in [0, 0.1) is 0 Å². The van der Waals surface area contributed by atoms with Gasteiger partial charge in [-0.25, -0.2) is 0 Å². The number of hydrogen-bond donors (Lipinski definition) is 0. The molecule has 3 aromatic carbocycles. The Kier molecular flexibility index (Phi) is 7.78. The minimum Gasteiger partial charge on any atom is -0.325 e. The zero-order chi connectivity index (χ0) is 20.7. The molecular weight excluding hydrogens is 427 g/mol. The molecule has 30 heavy (non-hydrogen) atoms. The van der Waals surface area contributed by atoms with Gasteiger partial charge in [-0.3, -0.25) is 4.57 Å². The quantitative estimate of drug-likeness (QED) is 0.359. The van der Waals surface area contributed by atoms with Crippen LogP contribution < -0.4 is 5.30 Å². The predicted octanol–water partition coefficient (Wildman–Crippen LogP) is 7.38. The Morgan fingerprint density at radius 2 is 1.37 bits per heavy atom. The highest BCUT2D eigenvalue weighted by molar-refractivity contribution is 8.00. The van der Waals surface area contributed by atoms with Crippen molar-refractivity contribution in [1.29, 1.82) is 0 Å². The van der Waals surface area contributed by atoms with Crippen molar-refractivity contribution in [2.24, 2.45) is 0 Å². The van der Waals surface area contributed by atoms with Crippen LogP contribution in [0.5, 0.6) is 0 Å². The van der Waals surface area contributed by atoms with Crippen LogP contribution in [0.2, 0.25) is 0 Å². The highest BCUT2D eigenvalue weighted by Gasteiger charge is 2.27. The molecule has 0 bridgehead atoms. The van der Waals surface area contributed by atoms with E-state index in [0.29, 0.717) is 12.8 Å². The van der Waals surface area contributed by atoms with Crippen LogP contribution >= 0.6 is 30.9 Å². The lowest BCUT2D eigenvalue weighted by atomic mass is 10.2. The van der Waals surface area contributed by atoms with Crippen LogP contribution in [0.3, 0.4) is 0 Å². The highest BCUT2D eigenvalue weighted by atomic mass is 32.2. The Bertz CT molecular complexity index is 1010. The van der Waals surface area contributed by atoms with Crippen molar-refractivity contribution < 1.29 is 9.09 Å². The number of thioether (sulfide) groups is 2. The Morgan fingerprint density at radius 1 is 0.700 bits per heavy atom. The van der Waals surface area contributed by atoms with Gasteiger partial charge in [-0.15, -0.1) is 23.5 Å². The molecule has 1 atom stereocenters. The third-order valence-corrected chi connectivity index (χ3v) is 10.0. The molecule has 1 heterocycles. The molecule has 0 saturated carbocycles. The second-order valence-electron chi connectivity index (χ2n) is 7.41. The zero-order valence-electron chi connectivity index (χ0n) is 17.0. The minimum absolute atomic E-state index is 0.441. The molecule has 0 spiro atoms. The summed E-state index contributed by atoms with van der Waals surface area (Å²) in [5.74, 6) is 2.02. The van der Waals surface area contributed by atoms with E-state index in [-0.39, 0.29) is 0 Å². The molecule has 1 aliphatic heterocycles. The number of benzene rings is 3. The SMILES string of the molecule is O=P1(c2ccccc2)Cc2ccccc2SCc2ccccc2SCCCCCO1. The van der Waals surface area contributed by atoms with Crippen molar-refractivity contribution in [3.8, 4) is 0 Å². The number of fused-ring (bicyclic) bond motifs is 2. The molecule has 0 N–H and O–H groups in total. The summed E-state index contributed by atoms with van der Waals surface area (Å²) < 4.78 is 20.2. The Balaban J connectivity index is 1.66. The van der Waals surface area contributed by atoms with Gasteiger partial charge >= 0.3 is 0 Å². The zero-order valence-corrected chi connectivity index (χ0v) is 19.6. The molecule has 0 aliphatic carbocycles. The summed E-state index contributed by atoms with van der Waals surface area (Å²) in [5.41, 5.74) is 2.48. The van der Waals surface area contributed by atoms with Gasteiger partial charge in [-0.1, -0.05) is 61.0 Å². The first-order valence-corrected chi connectivity index (χ1v) is 14.2. The molecule has 1 aliphatic rings. The molecule has 1 unspecified atom stereocenters. The van der Waals surface area contributed by atoms with Crippen LogP contribution in [0.25, 0.3) is 0 Å². The van der Waals surface area contributed by atoms with E-state index in [0.717, 1.165) is 41.6 Å². The van der Waals surface area contributed by atoms with Crippen LogP contribution in [0.15, 0.2) is 88.7 Å². The molecule has 5 heteroatoms. The van der Waals surface area contributed by atoms with E-state index in [1.807, 2.05) is 59.9 Å². The van der Waals surface area contributed by atoms with Gasteiger partial charge in [0.15, 0.2) is 0 Å². The van der Waals surface area contributed by atoms with E-state index >= 15 is 0 Å². The maximum Gasteiger partial charge on any atom is 0.236 e. The van der Waals surface area contributed by atoms with E-state index in [9.17, 15) is 4.57 Å². The van der Waals surface area contributed by atoms with Gasteiger partial charge in [0.05, 0.1) is 12.8 Å². The molecule has 0 fully saturated rings. The van der Waals surface area contributed by atoms with Crippen molar-refractivity contribution in [3.05, 3.63) is 90.0 Å². The fourth-order valence-electron chi connectivity index (χ4n) is 3.56. The summed E-state index contributed by atoms with van der Waals surface area (Å²) in [6.07, 6.45) is 3.62. The fraction of sp³-hybridized carbons (Fsp3) is 0.280. The second kappa shape index (κ2) is 10.7. The molecule has 0 radical (unpaired) electrons. The second-order valence-corrected chi connectivity index (χ2v) is 12.0. The smallest absolute Gasteiger partial charge is 0.236 e. The third-order valence-electron chi connectivity index (χ3n) is 5.20. The molecule has 0 saturated heterocycles. The molecular formula is C25H27O2PS2. The lowest BCUT2D eigenvalue weighted by Crippen LogP contribution is -2.10. The first-order chi connectivity index (χ1) is 14.7. The van der Waals surface area contributed by atoms with E-state index in [1.165, 1.54) is 15.4 Å². The van der Waals surface area contributed by atoms with Crippen molar-refractivity contribution in [2.45, 2.75) is 41.0 Å². The first-order valence-electron chi connectivity index (χ1n) is 10.5. The monoisotopic (exact) mass is 454 g/mol. The first kappa shape index (κ1) is 21.8. The normalized spacial score (nSPS) is 20.9. The molecule has 156 valence electrons. The van der Waals surface area contributed by atoms with Crippen LogP contribution in [-0.2, 0) is 21.0 Å². The van der Waals surface area contributed by atoms with Gasteiger partial charge in [-0.05, 0) is 54.0 Å². The summed E-state index contributed by atoms with van der Waals surface area (Å²) >= 11 is 3.78. The van der Waals surface area contributed by atoms with E-state index in [2.05, 4.69) is 42.5 Å². The van der Waals surface area contributed by atoms with E-state index in [4.69, 9.17) is 4.52 Å².